The zero-order valence-corrected chi connectivity index (χ0v) is 38.2. The second kappa shape index (κ2) is 19.6. The van der Waals surface area contributed by atoms with Crippen molar-refractivity contribution in [2.45, 2.75) is 80.1 Å². The minimum Gasteiger partial charge on any atom is -0.382 e. The number of hydrogen-bond donors (Lipinski definition) is 7. The van der Waals surface area contributed by atoms with E-state index in [1.165, 1.54) is 18.3 Å². The van der Waals surface area contributed by atoms with Crippen LogP contribution in [0.3, 0.4) is 0 Å². The molecule has 1 aromatic heterocycles. The van der Waals surface area contributed by atoms with Gasteiger partial charge in [0.05, 0.1) is 48.6 Å². The number of amides is 6. The summed E-state index contributed by atoms with van der Waals surface area (Å²) in [6, 6.07) is 15.7. The minimum absolute atomic E-state index is 0.0329. The van der Waals surface area contributed by atoms with E-state index in [1.54, 1.807) is 54.6 Å². The first-order valence-electron chi connectivity index (χ1n) is 22.6. The number of carbonyl (C=O) groups is 6. The Morgan fingerprint density at radius 2 is 1.68 bits per heavy atom. The van der Waals surface area contributed by atoms with Crippen LogP contribution < -0.4 is 31.9 Å². The highest BCUT2D eigenvalue weighted by atomic mass is 35.5. The number of aliphatic hydroxyl groups is 1. The maximum absolute atomic E-state index is 16.2. The Labute approximate surface area is 400 Å². The van der Waals surface area contributed by atoms with Gasteiger partial charge >= 0.3 is 0 Å². The van der Waals surface area contributed by atoms with Crippen LogP contribution in [0, 0.1) is 5.82 Å². The lowest BCUT2D eigenvalue weighted by Crippen LogP contribution is -2.60. The number of aliphatic hydroxyl groups excluding tert-OH is 1. The third kappa shape index (κ3) is 8.52. The number of ether oxygens (including phenoxy) is 2. The summed E-state index contributed by atoms with van der Waals surface area (Å²) in [4.78, 5) is 84.8. The molecule has 5 heterocycles. The monoisotopic (exact) mass is 970 g/mol. The van der Waals surface area contributed by atoms with Gasteiger partial charge in [0.25, 0.3) is 11.8 Å². The van der Waals surface area contributed by atoms with Gasteiger partial charge in [-0.1, -0.05) is 66.7 Å². The molecule has 356 valence electrons. The van der Waals surface area contributed by atoms with Gasteiger partial charge in [-0.15, -0.1) is 0 Å². The van der Waals surface area contributed by atoms with Gasteiger partial charge in [0.1, 0.15) is 29.3 Å². The molecule has 17 nitrogen and oxygen atoms in total. The molecule has 4 aliphatic heterocycles. The SMILES string of the molecule is O=C1CCC(N2C(=O)c3cccc(NCCOCCOCCNC(O)c4ccc(NC(=O)[C@@H]5NC6(CCCCC6)[C@@]6(C(=O)Nc7cc(Cl)ccc76)[C@H]5c5cccc(Cl)c5F)nc4)c3C2=O)C(=O)N1. The third-order valence-corrected chi connectivity index (χ3v) is 14.2. The van der Waals surface area contributed by atoms with E-state index in [0.29, 0.717) is 46.9 Å². The normalized spacial score (nSPS) is 23.1. The van der Waals surface area contributed by atoms with Crippen molar-refractivity contribution in [3.05, 3.63) is 117 Å². The van der Waals surface area contributed by atoms with Gasteiger partial charge in [0.2, 0.25) is 23.6 Å². The van der Waals surface area contributed by atoms with Crippen LogP contribution >= 0.6 is 23.2 Å². The smallest absolute Gasteiger partial charge is 0.264 e. The Morgan fingerprint density at radius 1 is 0.912 bits per heavy atom. The summed E-state index contributed by atoms with van der Waals surface area (Å²) in [5.74, 6) is -4.69. The Morgan fingerprint density at radius 3 is 2.43 bits per heavy atom. The van der Waals surface area contributed by atoms with Crippen LogP contribution in [0.4, 0.5) is 21.6 Å². The van der Waals surface area contributed by atoms with Gasteiger partial charge in [-0.05, 0) is 72.9 Å². The first-order chi connectivity index (χ1) is 32.8. The molecule has 4 aromatic rings. The number of halogens is 3. The highest BCUT2D eigenvalue weighted by molar-refractivity contribution is 6.31. The van der Waals surface area contributed by atoms with Crippen LogP contribution in [0.2, 0.25) is 10.0 Å². The predicted molar refractivity (Wildman–Crippen MR) is 248 cm³/mol. The predicted octanol–water partition coefficient (Wildman–Crippen LogP) is 4.94. The first kappa shape index (κ1) is 47.2. The van der Waals surface area contributed by atoms with E-state index in [1.807, 2.05) is 0 Å². The van der Waals surface area contributed by atoms with Crippen molar-refractivity contribution >= 4 is 75.8 Å². The zero-order valence-electron chi connectivity index (χ0n) is 36.7. The molecule has 1 saturated carbocycles. The van der Waals surface area contributed by atoms with E-state index >= 15 is 4.39 Å². The summed E-state index contributed by atoms with van der Waals surface area (Å²) in [6.07, 6.45) is 4.12. The number of rotatable bonds is 16. The van der Waals surface area contributed by atoms with Gasteiger partial charge in [0, 0.05) is 59.1 Å². The van der Waals surface area contributed by atoms with E-state index in [9.17, 15) is 33.9 Å². The summed E-state index contributed by atoms with van der Waals surface area (Å²) in [5.41, 5.74) is 0.218. The number of anilines is 3. The average Bonchev–Trinajstić information content (AvgIpc) is 3.88. The van der Waals surface area contributed by atoms with E-state index in [2.05, 4.69) is 36.9 Å². The fourth-order valence-electron chi connectivity index (χ4n) is 10.7. The number of benzene rings is 3. The molecule has 2 saturated heterocycles. The Bertz CT molecular complexity index is 2670. The van der Waals surface area contributed by atoms with E-state index in [4.69, 9.17) is 32.7 Å². The molecule has 68 heavy (non-hydrogen) atoms. The number of carbonyl (C=O) groups excluding carboxylic acids is 6. The van der Waals surface area contributed by atoms with Gasteiger partial charge in [-0.25, -0.2) is 9.37 Å². The number of nitrogens with zero attached hydrogens (tertiary/aromatic N) is 2. The molecule has 9 rings (SSSR count). The van der Waals surface area contributed by atoms with Crippen molar-refractivity contribution in [2.75, 3.05) is 55.5 Å². The van der Waals surface area contributed by atoms with Crippen LogP contribution in [-0.2, 0) is 34.1 Å². The topological polar surface area (TPSA) is 229 Å². The number of imide groups is 2. The van der Waals surface area contributed by atoms with Gasteiger partial charge in [-0.2, -0.15) is 0 Å². The van der Waals surface area contributed by atoms with Gasteiger partial charge in [-0.3, -0.25) is 49.6 Å². The maximum Gasteiger partial charge on any atom is 0.264 e. The van der Waals surface area contributed by atoms with E-state index in [0.717, 1.165) is 24.2 Å². The lowest BCUT2D eigenvalue weighted by Gasteiger charge is -2.47. The molecular weight excluding hydrogens is 922 g/mol. The second-order valence-corrected chi connectivity index (χ2v) is 18.3. The number of fused-ring (bicyclic) bond motifs is 4. The fraction of sp³-hybridized carbons (Fsp3) is 0.396. The molecule has 5 aliphatic rings. The van der Waals surface area contributed by atoms with Crippen LogP contribution in [0.15, 0.2) is 72.9 Å². The molecule has 3 aromatic carbocycles. The number of hydrogen-bond acceptors (Lipinski definition) is 13. The second-order valence-electron chi connectivity index (χ2n) is 17.5. The molecule has 3 fully saturated rings. The van der Waals surface area contributed by atoms with E-state index in [-0.39, 0.29) is 79.3 Å². The summed E-state index contributed by atoms with van der Waals surface area (Å²) in [6.45, 7) is 1.62. The average molecular weight is 972 g/mol. The van der Waals surface area contributed by atoms with Crippen molar-refractivity contribution in [1.82, 2.24) is 25.8 Å². The molecular formula is C48H49Cl2FN8O9. The summed E-state index contributed by atoms with van der Waals surface area (Å²) < 4.78 is 27.5. The lowest BCUT2D eigenvalue weighted by atomic mass is 9.55. The number of piperidine rings is 1. The van der Waals surface area contributed by atoms with Crippen LogP contribution in [0.25, 0.3) is 0 Å². The molecule has 1 aliphatic carbocycles. The molecule has 20 heteroatoms. The number of nitrogens with one attached hydrogen (secondary N) is 6. The van der Waals surface area contributed by atoms with Crippen molar-refractivity contribution in [3.8, 4) is 0 Å². The van der Waals surface area contributed by atoms with Crippen molar-refractivity contribution in [1.29, 1.82) is 0 Å². The molecule has 7 N–H and O–H groups in total. The first-order valence-corrected chi connectivity index (χ1v) is 23.4. The molecule has 2 spiro atoms. The molecule has 2 unspecified atom stereocenters. The van der Waals surface area contributed by atoms with Crippen LogP contribution in [0.1, 0.15) is 94.5 Å². The zero-order chi connectivity index (χ0) is 47.7. The van der Waals surface area contributed by atoms with Gasteiger partial charge < -0.3 is 30.5 Å². The Kier molecular flexibility index (Phi) is 13.6. The van der Waals surface area contributed by atoms with Crippen LogP contribution in [-0.4, -0.2) is 108 Å². The molecule has 6 amide bonds. The number of pyridine rings is 1. The number of aromatic nitrogens is 1. The molecule has 0 radical (unpaired) electrons. The summed E-state index contributed by atoms with van der Waals surface area (Å²) in [7, 11) is 0. The van der Waals surface area contributed by atoms with Crippen molar-refractivity contribution in [2.24, 2.45) is 0 Å². The maximum atomic E-state index is 16.2. The summed E-state index contributed by atoms with van der Waals surface area (Å²) >= 11 is 12.7. The van der Waals surface area contributed by atoms with E-state index < -0.39 is 70.5 Å². The molecule has 0 bridgehead atoms. The van der Waals surface area contributed by atoms with Crippen molar-refractivity contribution in [3.63, 3.8) is 0 Å². The lowest BCUT2D eigenvalue weighted by molar-refractivity contribution is -0.136. The van der Waals surface area contributed by atoms with Gasteiger partial charge in [0.15, 0.2) is 0 Å². The van der Waals surface area contributed by atoms with Crippen LogP contribution in [0.5, 0.6) is 0 Å². The Hall–Kier alpha value is -5.86. The third-order valence-electron chi connectivity index (χ3n) is 13.6. The highest BCUT2D eigenvalue weighted by Gasteiger charge is 2.72. The quantitative estimate of drug-likeness (QED) is 0.0449. The standard InChI is InChI=1S/C48H49Cl2FN8O9/c49-27-11-12-30-33(24-27)55-46(66)48(30)38(29-7-4-8-31(50)39(29)51)40(58-47(48)16-2-1-3-17-47)43(63)56-35-14-10-26(25-54-35)41(61)53-19-21-68-23-22-67-20-18-52-32-9-5-6-28-37(32)45(65)59(44(28)64)34-13-15-36(60)57-42(34)62/h4-12,14,24-25,34,38,40-41,52-53,58,61H,1-3,13,15-23H2,(H,55,66)(H,54,56,63)(H,57,60,62)/t34?,38-,40+,41?,48+/m0/s1. The highest BCUT2D eigenvalue weighted by Crippen LogP contribution is 2.63. The largest absolute Gasteiger partial charge is 0.382 e. The minimum atomic E-state index is -1.38. The molecule has 5 atom stereocenters. The van der Waals surface area contributed by atoms with Crippen molar-refractivity contribution < 1.29 is 47.7 Å². The Balaban J connectivity index is 0.754. The summed E-state index contributed by atoms with van der Waals surface area (Å²) in [5, 5.41) is 28.9. The fourth-order valence-corrected chi connectivity index (χ4v) is 11.0.